The summed E-state index contributed by atoms with van der Waals surface area (Å²) in [5.41, 5.74) is 0.121. The lowest BCUT2D eigenvalue weighted by molar-refractivity contribution is -0.138. The fourth-order valence-electron chi connectivity index (χ4n) is 1.30. The maximum Gasteiger partial charge on any atom is 0.351 e. The number of aliphatic imine (C=N–C) groups is 1. The number of nitriles is 1. The molecular formula is C12H15N3O3. The van der Waals surface area contributed by atoms with Crippen molar-refractivity contribution in [3.63, 3.8) is 0 Å². The van der Waals surface area contributed by atoms with E-state index in [2.05, 4.69) is 4.99 Å². The Balaban J connectivity index is 3.09. The van der Waals surface area contributed by atoms with Crippen LogP contribution in [0.15, 0.2) is 28.2 Å². The number of rotatable bonds is 4. The van der Waals surface area contributed by atoms with Gasteiger partial charge >= 0.3 is 5.97 Å². The van der Waals surface area contributed by atoms with E-state index in [1.165, 1.54) is 6.34 Å². The van der Waals surface area contributed by atoms with Crippen LogP contribution in [-0.2, 0) is 14.3 Å². The molecule has 6 heteroatoms. The molecule has 6 nitrogen and oxygen atoms in total. The number of esters is 1. The minimum Gasteiger partial charge on any atom is -0.479 e. The van der Waals surface area contributed by atoms with Crippen LogP contribution in [0.1, 0.15) is 13.8 Å². The fraction of sp³-hybridized carbons (Fsp3) is 0.417. The van der Waals surface area contributed by atoms with E-state index >= 15 is 0 Å². The minimum atomic E-state index is -0.677. The van der Waals surface area contributed by atoms with Crippen molar-refractivity contribution in [2.45, 2.75) is 13.8 Å². The number of hydrogen-bond acceptors (Lipinski definition) is 6. The summed E-state index contributed by atoms with van der Waals surface area (Å²) >= 11 is 0. The highest BCUT2D eigenvalue weighted by Gasteiger charge is 2.19. The zero-order valence-corrected chi connectivity index (χ0v) is 10.6. The monoisotopic (exact) mass is 249 g/mol. The Labute approximate surface area is 106 Å². The standard InChI is InChI=1S/C12H15N3O3/c1-4-17-11-6-10(14-8-15(11)3)9(7-13)12(16)18-5-2/h6,8H,4-5H2,1-3H3/b10-9+. The first kappa shape index (κ1) is 13.8. The molecule has 18 heavy (non-hydrogen) atoms. The van der Waals surface area contributed by atoms with Crippen LogP contribution in [0.4, 0.5) is 0 Å². The van der Waals surface area contributed by atoms with Crippen LogP contribution >= 0.6 is 0 Å². The molecule has 1 rings (SSSR count). The van der Waals surface area contributed by atoms with Crippen molar-refractivity contribution in [2.24, 2.45) is 4.99 Å². The molecule has 0 aromatic rings. The van der Waals surface area contributed by atoms with Gasteiger partial charge in [-0.3, -0.25) is 0 Å². The molecular weight excluding hydrogens is 234 g/mol. The highest BCUT2D eigenvalue weighted by molar-refractivity contribution is 5.94. The van der Waals surface area contributed by atoms with Gasteiger partial charge in [-0.15, -0.1) is 0 Å². The Morgan fingerprint density at radius 2 is 2.22 bits per heavy atom. The van der Waals surface area contributed by atoms with Gasteiger partial charge in [0.15, 0.2) is 11.5 Å². The quantitative estimate of drug-likeness (QED) is 0.425. The second-order valence-electron chi connectivity index (χ2n) is 3.36. The number of allylic oxidation sites excluding steroid dienone is 1. The number of ether oxygens (including phenoxy) is 2. The van der Waals surface area contributed by atoms with Crippen LogP contribution in [0.2, 0.25) is 0 Å². The van der Waals surface area contributed by atoms with Gasteiger partial charge in [0.2, 0.25) is 0 Å². The van der Waals surface area contributed by atoms with Crippen molar-refractivity contribution in [3.05, 3.63) is 23.2 Å². The molecule has 0 saturated carbocycles. The summed E-state index contributed by atoms with van der Waals surface area (Å²) in [6.45, 7) is 4.22. The Kier molecular flexibility index (Phi) is 4.93. The van der Waals surface area contributed by atoms with E-state index < -0.39 is 5.97 Å². The van der Waals surface area contributed by atoms with Crippen molar-refractivity contribution < 1.29 is 14.3 Å². The lowest BCUT2D eigenvalue weighted by Gasteiger charge is -2.21. The number of nitrogens with zero attached hydrogens (tertiary/aromatic N) is 3. The van der Waals surface area contributed by atoms with Crippen molar-refractivity contribution in [3.8, 4) is 6.07 Å². The third-order valence-electron chi connectivity index (χ3n) is 2.12. The summed E-state index contributed by atoms with van der Waals surface area (Å²) in [7, 11) is 1.76. The average Bonchev–Trinajstić information content (AvgIpc) is 2.34. The predicted octanol–water partition coefficient (Wildman–Crippen LogP) is 1.18. The molecule has 0 atom stereocenters. The molecule has 0 aromatic carbocycles. The number of carbonyl (C=O) groups excluding carboxylic acids is 1. The van der Waals surface area contributed by atoms with E-state index in [1.807, 2.05) is 6.92 Å². The van der Waals surface area contributed by atoms with Crippen LogP contribution in [0.3, 0.4) is 0 Å². The van der Waals surface area contributed by atoms with Gasteiger partial charge < -0.3 is 14.4 Å². The van der Waals surface area contributed by atoms with E-state index in [0.29, 0.717) is 12.5 Å². The average molecular weight is 249 g/mol. The molecule has 0 radical (unpaired) electrons. The van der Waals surface area contributed by atoms with E-state index in [1.54, 1.807) is 31.0 Å². The summed E-state index contributed by atoms with van der Waals surface area (Å²) in [4.78, 5) is 17.2. The molecule has 0 N–H and O–H groups in total. The van der Waals surface area contributed by atoms with Gasteiger partial charge in [-0.05, 0) is 13.8 Å². The SMILES string of the molecule is CCOC(=O)/C(C#N)=C1\C=C(OCC)N(C)C=N1. The molecule has 0 saturated heterocycles. The van der Waals surface area contributed by atoms with Crippen LogP contribution in [0.25, 0.3) is 0 Å². The summed E-state index contributed by atoms with van der Waals surface area (Å²) in [5.74, 6) is -0.150. The van der Waals surface area contributed by atoms with Crippen molar-refractivity contribution in [2.75, 3.05) is 20.3 Å². The summed E-state index contributed by atoms with van der Waals surface area (Å²) in [6, 6.07) is 1.81. The van der Waals surface area contributed by atoms with Crippen molar-refractivity contribution >= 4 is 12.3 Å². The molecule has 0 unspecified atom stereocenters. The van der Waals surface area contributed by atoms with Crippen molar-refractivity contribution in [1.82, 2.24) is 4.90 Å². The Bertz CT molecular complexity index is 458. The number of carbonyl (C=O) groups is 1. The molecule has 0 amide bonds. The Morgan fingerprint density at radius 3 is 2.78 bits per heavy atom. The first-order valence-corrected chi connectivity index (χ1v) is 5.57. The largest absolute Gasteiger partial charge is 0.479 e. The van der Waals surface area contributed by atoms with Gasteiger partial charge in [-0.25, -0.2) is 9.79 Å². The molecule has 0 spiro atoms. The Hall–Kier alpha value is -2.29. The second-order valence-corrected chi connectivity index (χ2v) is 3.36. The first-order valence-electron chi connectivity index (χ1n) is 5.57. The lowest BCUT2D eigenvalue weighted by atomic mass is 10.2. The zero-order chi connectivity index (χ0) is 13.5. The predicted molar refractivity (Wildman–Crippen MR) is 65.2 cm³/mol. The molecule has 1 aliphatic rings. The smallest absolute Gasteiger partial charge is 0.351 e. The number of hydrogen-bond donors (Lipinski definition) is 0. The third-order valence-corrected chi connectivity index (χ3v) is 2.12. The summed E-state index contributed by atoms with van der Waals surface area (Å²) in [6.07, 6.45) is 3.02. The van der Waals surface area contributed by atoms with E-state index in [4.69, 9.17) is 14.7 Å². The van der Waals surface area contributed by atoms with Crippen LogP contribution in [0, 0.1) is 11.3 Å². The fourth-order valence-corrected chi connectivity index (χ4v) is 1.30. The summed E-state index contributed by atoms with van der Waals surface area (Å²) in [5, 5.41) is 8.99. The van der Waals surface area contributed by atoms with E-state index in [-0.39, 0.29) is 17.9 Å². The van der Waals surface area contributed by atoms with Crippen LogP contribution in [0.5, 0.6) is 0 Å². The zero-order valence-electron chi connectivity index (χ0n) is 10.6. The van der Waals surface area contributed by atoms with Gasteiger partial charge in [0.05, 0.1) is 25.2 Å². The molecule has 1 heterocycles. The van der Waals surface area contributed by atoms with Gasteiger partial charge in [-0.1, -0.05) is 0 Å². The molecule has 0 bridgehead atoms. The maximum absolute atomic E-state index is 11.6. The Morgan fingerprint density at radius 1 is 1.50 bits per heavy atom. The first-order chi connectivity index (χ1) is 8.63. The van der Waals surface area contributed by atoms with Gasteiger partial charge in [0.25, 0.3) is 0 Å². The topological polar surface area (TPSA) is 74.9 Å². The molecule has 1 aliphatic heterocycles. The van der Waals surface area contributed by atoms with Crippen molar-refractivity contribution in [1.29, 1.82) is 5.26 Å². The third kappa shape index (κ3) is 3.10. The second kappa shape index (κ2) is 6.45. The van der Waals surface area contributed by atoms with Gasteiger partial charge in [-0.2, -0.15) is 5.26 Å². The lowest BCUT2D eigenvalue weighted by Crippen LogP contribution is -2.21. The maximum atomic E-state index is 11.6. The molecule has 0 aliphatic carbocycles. The van der Waals surface area contributed by atoms with Gasteiger partial charge in [0.1, 0.15) is 6.07 Å². The minimum absolute atomic E-state index is 0.126. The summed E-state index contributed by atoms with van der Waals surface area (Å²) < 4.78 is 10.2. The van der Waals surface area contributed by atoms with E-state index in [9.17, 15) is 4.79 Å². The van der Waals surface area contributed by atoms with Gasteiger partial charge in [0, 0.05) is 13.1 Å². The van der Waals surface area contributed by atoms with Crippen LogP contribution in [-0.4, -0.2) is 37.5 Å². The normalized spacial score (nSPS) is 16.8. The molecule has 0 fully saturated rings. The highest BCUT2D eigenvalue weighted by atomic mass is 16.5. The van der Waals surface area contributed by atoms with E-state index in [0.717, 1.165) is 0 Å². The van der Waals surface area contributed by atoms with Crippen LogP contribution < -0.4 is 0 Å². The molecule has 0 aromatic heterocycles. The highest BCUT2D eigenvalue weighted by Crippen LogP contribution is 2.17. The molecule has 96 valence electrons.